The number of aryl methyl sites for hydroxylation is 1. The van der Waals surface area contributed by atoms with Crippen molar-refractivity contribution in [1.29, 1.82) is 0 Å². The number of likely N-dealkylation sites (tertiary alicyclic amines) is 1. The molecule has 0 saturated carbocycles. The molecule has 4 rings (SSSR count). The van der Waals surface area contributed by atoms with Crippen molar-refractivity contribution >= 4 is 5.91 Å². The second-order valence-corrected chi connectivity index (χ2v) is 7.28. The molecule has 0 bridgehead atoms. The van der Waals surface area contributed by atoms with E-state index in [0.29, 0.717) is 31.2 Å². The van der Waals surface area contributed by atoms with Gasteiger partial charge in [-0.2, -0.15) is 0 Å². The number of nitrogens with zero attached hydrogens (tertiary/aromatic N) is 3. The van der Waals surface area contributed by atoms with Crippen LogP contribution in [0.4, 0.5) is 0 Å². The number of hydrogen-bond donors (Lipinski definition) is 0. The smallest absolute Gasteiger partial charge is 0.227 e. The van der Waals surface area contributed by atoms with Gasteiger partial charge < -0.3 is 19.1 Å². The molecule has 1 aromatic heterocycles. The lowest BCUT2D eigenvalue weighted by atomic mass is 9.87. The van der Waals surface area contributed by atoms with Gasteiger partial charge in [0.2, 0.25) is 5.91 Å². The second kappa shape index (κ2) is 7.39. The molecular weight excluding hydrogens is 358 g/mol. The summed E-state index contributed by atoms with van der Waals surface area (Å²) in [5.41, 5.74) is 2.34. The Balaban J connectivity index is 1.45. The van der Waals surface area contributed by atoms with Gasteiger partial charge in [-0.15, -0.1) is 0 Å². The van der Waals surface area contributed by atoms with Crippen LogP contribution in [-0.2, 0) is 34.6 Å². The Hall–Kier alpha value is -2.67. The fourth-order valence-corrected chi connectivity index (χ4v) is 3.88. The van der Waals surface area contributed by atoms with Crippen LogP contribution in [0.25, 0.3) is 0 Å². The molecule has 2 aliphatic heterocycles. The van der Waals surface area contributed by atoms with Gasteiger partial charge in [-0.3, -0.25) is 4.79 Å². The molecule has 1 fully saturated rings. The molecule has 1 amide bonds. The first-order chi connectivity index (χ1) is 13.6. The number of aromatic nitrogens is 2. The van der Waals surface area contributed by atoms with E-state index < -0.39 is 5.60 Å². The highest BCUT2D eigenvalue weighted by Crippen LogP contribution is 2.42. The first-order valence-electron chi connectivity index (χ1n) is 9.56. The first-order valence-corrected chi connectivity index (χ1v) is 9.56. The minimum absolute atomic E-state index is 0.0396. The van der Waals surface area contributed by atoms with E-state index in [2.05, 4.69) is 16.9 Å². The second-order valence-electron chi connectivity index (χ2n) is 7.28. The Bertz CT molecular complexity index is 893. The maximum Gasteiger partial charge on any atom is 0.227 e. The molecule has 0 N–H and O–H groups in total. The summed E-state index contributed by atoms with van der Waals surface area (Å²) in [5, 5.41) is 0. The predicted molar refractivity (Wildman–Crippen MR) is 102 cm³/mol. The lowest BCUT2D eigenvalue weighted by Crippen LogP contribution is -2.61. The van der Waals surface area contributed by atoms with Gasteiger partial charge in [0.15, 0.2) is 0 Å². The molecule has 2 aromatic rings. The van der Waals surface area contributed by atoms with E-state index in [0.717, 1.165) is 35.5 Å². The number of rotatable bonds is 6. The number of fused-ring (bicyclic) bond motifs is 2. The number of carbonyl (C=O) groups excluding carboxylic acids is 1. The lowest BCUT2D eigenvalue weighted by Gasteiger charge is -2.47. The molecule has 1 saturated heterocycles. The highest BCUT2D eigenvalue weighted by atomic mass is 16.5. The van der Waals surface area contributed by atoms with E-state index in [1.807, 2.05) is 29.3 Å². The van der Waals surface area contributed by atoms with Crippen LogP contribution in [0.3, 0.4) is 0 Å². The molecule has 1 aromatic carbocycles. The first kappa shape index (κ1) is 18.7. The third-order valence-electron chi connectivity index (χ3n) is 5.44. The van der Waals surface area contributed by atoms with Crippen LogP contribution in [-0.4, -0.2) is 48.1 Å². The molecule has 1 spiro atoms. The topological polar surface area (TPSA) is 73.8 Å². The Morgan fingerprint density at radius 3 is 2.82 bits per heavy atom. The van der Waals surface area contributed by atoms with Crippen LogP contribution < -0.4 is 9.47 Å². The summed E-state index contributed by atoms with van der Waals surface area (Å²) in [6.45, 7) is 3.66. The van der Waals surface area contributed by atoms with Crippen molar-refractivity contribution in [2.75, 3.05) is 27.3 Å². The van der Waals surface area contributed by atoms with Gasteiger partial charge in [-0.1, -0.05) is 6.92 Å². The third-order valence-corrected chi connectivity index (χ3v) is 5.44. The van der Waals surface area contributed by atoms with E-state index >= 15 is 0 Å². The maximum absolute atomic E-state index is 12.8. The van der Waals surface area contributed by atoms with Gasteiger partial charge in [0, 0.05) is 23.7 Å². The van der Waals surface area contributed by atoms with Crippen molar-refractivity contribution in [3.8, 4) is 11.5 Å². The van der Waals surface area contributed by atoms with Crippen LogP contribution >= 0.6 is 0 Å². The van der Waals surface area contributed by atoms with Gasteiger partial charge in [0.05, 0.1) is 46.0 Å². The quantitative estimate of drug-likeness (QED) is 0.762. The summed E-state index contributed by atoms with van der Waals surface area (Å²) in [7, 11) is 3.21. The molecule has 3 heterocycles. The van der Waals surface area contributed by atoms with Crippen molar-refractivity contribution in [3.63, 3.8) is 0 Å². The van der Waals surface area contributed by atoms with E-state index in [1.165, 1.54) is 0 Å². The summed E-state index contributed by atoms with van der Waals surface area (Å²) in [4.78, 5) is 23.7. The van der Waals surface area contributed by atoms with Gasteiger partial charge >= 0.3 is 0 Å². The largest absolute Gasteiger partial charge is 0.497 e. The summed E-state index contributed by atoms with van der Waals surface area (Å²) in [5.74, 6) is 2.29. The van der Waals surface area contributed by atoms with E-state index in [9.17, 15) is 4.79 Å². The molecule has 0 radical (unpaired) electrons. The summed E-state index contributed by atoms with van der Waals surface area (Å²) >= 11 is 0. The zero-order chi connectivity index (χ0) is 19.7. The van der Waals surface area contributed by atoms with Gasteiger partial charge in [-0.05, 0) is 24.6 Å². The van der Waals surface area contributed by atoms with Crippen LogP contribution in [0.5, 0.6) is 11.5 Å². The molecule has 0 atom stereocenters. The summed E-state index contributed by atoms with van der Waals surface area (Å²) in [6, 6.07) is 5.49. The van der Waals surface area contributed by atoms with Crippen LogP contribution in [0, 0.1) is 0 Å². The SMILES string of the molecule is CCCc1ncc2c(n1)COC21CN(C(=O)Cc2cc(OC)ccc2OC)C1. The van der Waals surface area contributed by atoms with Crippen molar-refractivity contribution in [3.05, 3.63) is 47.0 Å². The maximum atomic E-state index is 12.8. The Morgan fingerprint density at radius 2 is 2.11 bits per heavy atom. The Morgan fingerprint density at radius 1 is 1.29 bits per heavy atom. The highest BCUT2D eigenvalue weighted by Gasteiger charge is 2.52. The number of ether oxygens (including phenoxy) is 3. The van der Waals surface area contributed by atoms with Crippen LogP contribution in [0.2, 0.25) is 0 Å². The average Bonchev–Trinajstić information content (AvgIpc) is 3.06. The molecule has 7 heteroatoms. The standard InChI is InChI=1S/C21H25N3O4/c1-4-5-19-22-10-16-17(23-19)11-28-21(16)12-24(13-21)20(25)9-14-8-15(26-2)6-7-18(14)27-3/h6-8,10H,4-5,9,11-13H2,1-3H3. The lowest BCUT2D eigenvalue weighted by molar-refractivity contribution is -0.168. The zero-order valence-corrected chi connectivity index (χ0v) is 16.5. The van der Waals surface area contributed by atoms with E-state index in [-0.39, 0.29) is 12.3 Å². The molecule has 148 valence electrons. The van der Waals surface area contributed by atoms with Crippen molar-refractivity contribution in [2.24, 2.45) is 0 Å². The molecule has 0 unspecified atom stereocenters. The summed E-state index contributed by atoms with van der Waals surface area (Å²) < 4.78 is 16.7. The molecule has 28 heavy (non-hydrogen) atoms. The summed E-state index contributed by atoms with van der Waals surface area (Å²) in [6.07, 6.45) is 4.02. The number of amides is 1. The molecule has 0 aliphatic carbocycles. The van der Waals surface area contributed by atoms with Crippen molar-refractivity contribution in [1.82, 2.24) is 14.9 Å². The number of carbonyl (C=O) groups is 1. The third kappa shape index (κ3) is 3.20. The van der Waals surface area contributed by atoms with Gasteiger partial charge in [-0.25, -0.2) is 9.97 Å². The highest BCUT2D eigenvalue weighted by molar-refractivity contribution is 5.81. The zero-order valence-electron chi connectivity index (χ0n) is 16.5. The van der Waals surface area contributed by atoms with Gasteiger partial charge in [0.25, 0.3) is 0 Å². The molecule has 7 nitrogen and oxygen atoms in total. The monoisotopic (exact) mass is 383 g/mol. The van der Waals surface area contributed by atoms with E-state index in [1.54, 1.807) is 14.2 Å². The number of methoxy groups -OCH3 is 2. The van der Waals surface area contributed by atoms with Crippen molar-refractivity contribution in [2.45, 2.75) is 38.4 Å². The van der Waals surface area contributed by atoms with E-state index in [4.69, 9.17) is 14.2 Å². The Kier molecular flexibility index (Phi) is 4.93. The van der Waals surface area contributed by atoms with Crippen molar-refractivity contribution < 1.29 is 19.0 Å². The fourth-order valence-electron chi connectivity index (χ4n) is 3.88. The minimum Gasteiger partial charge on any atom is -0.497 e. The van der Waals surface area contributed by atoms with Gasteiger partial charge in [0.1, 0.15) is 22.9 Å². The molecular formula is C21H25N3O4. The number of hydrogen-bond acceptors (Lipinski definition) is 6. The minimum atomic E-state index is -0.450. The van der Waals surface area contributed by atoms with Crippen LogP contribution in [0.1, 0.15) is 36.0 Å². The average molecular weight is 383 g/mol. The van der Waals surface area contributed by atoms with Crippen LogP contribution in [0.15, 0.2) is 24.4 Å². The predicted octanol–water partition coefficient (Wildman–Crippen LogP) is 2.26. The number of benzene rings is 1. The molecule has 2 aliphatic rings. The fraction of sp³-hybridized carbons (Fsp3) is 0.476. The normalized spacial score (nSPS) is 16.6. The Labute approximate surface area is 164 Å².